The molecule has 0 amide bonds. The van der Waals surface area contributed by atoms with Gasteiger partial charge in [-0.1, -0.05) is 12.1 Å². The van der Waals surface area contributed by atoms with Gasteiger partial charge in [0.1, 0.15) is 0 Å². The van der Waals surface area contributed by atoms with E-state index in [1.807, 2.05) is 6.92 Å². The maximum atomic E-state index is 12.5. The van der Waals surface area contributed by atoms with Gasteiger partial charge in [0.15, 0.2) is 0 Å². The SMILES string of the molecule is Cc1cnnc(-c2cccc(C(F)(F)F)c2)c1. The maximum absolute atomic E-state index is 12.5. The number of hydrogen-bond donors (Lipinski definition) is 0. The van der Waals surface area contributed by atoms with Crippen LogP contribution in [-0.4, -0.2) is 10.2 Å². The van der Waals surface area contributed by atoms with Gasteiger partial charge >= 0.3 is 6.18 Å². The molecule has 2 aromatic rings. The van der Waals surface area contributed by atoms with Crippen LogP contribution in [0.4, 0.5) is 13.2 Å². The molecule has 88 valence electrons. The molecule has 0 aliphatic carbocycles. The third kappa shape index (κ3) is 2.61. The van der Waals surface area contributed by atoms with E-state index in [9.17, 15) is 13.2 Å². The van der Waals surface area contributed by atoms with Crippen LogP contribution in [0.15, 0.2) is 36.5 Å². The van der Waals surface area contributed by atoms with Gasteiger partial charge < -0.3 is 0 Å². The van der Waals surface area contributed by atoms with Crippen molar-refractivity contribution in [1.29, 1.82) is 0 Å². The van der Waals surface area contributed by atoms with E-state index in [1.54, 1.807) is 18.3 Å². The van der Waals surface area contributed by atoms with Crippen LogP contribution in [0.3, 0.4) is 0 Å². The molecule has 0 N–H and O–H groups in total. The van der Waals surface area contributed by atoms with Crippen molar-refractivity contribution in [2.24, 2.45) is 0 Å². The molecule has 0 bridgehead atoms. The molecule has 0 saturated heterocycles. The summed E-state index contributed by atoms with van der Waals surface area (Å²) in [4.78, 5) is 0. The van der Waals surface area contributed by atoms with E-state index in [0.29, 0.717) is 11.3 Å². The van der Waals surface area contributed by atoms with E-state index in [0.717, 1.165) is 17.7 Å². The fourth-order valence-corrected chi connectivity index (χ4v) is 1.46. The average molecular weight is 238 g/mol. The summed E-state index contributed by atoms with van der Waals surface area (Å²) in [5.41, 5.74) is 1.03. The van der Waals surface area contributed by atoms with E-state index in [4.69, 9.17) is 0 Å². The fourth-order valence-electron chi connectivity index (χ4n) is 1.46. The molecule has 1 heterocycles. The second kappa shape index (κ2) is 4.16. The van der Waals surface area contributed by atoms with Gasteiger partial charge in [-0.2, -0.15) is 23.4 Å². The zero-order valence-corrected chi connectivity index (χ0v) is 8.99. The second-order valence-corrected chi connectivity index (χ2v) is 3.70. The lowest BCUT2D eigenvalue weighted by Gasteiger charge is -2.08. The van der Waals surface area contributed by atoms with Crippen molar-refractivity contribution >= 4 is 0 Å². The van der Waals surface area contributed by atoms with Gasteiger partial charge in [0, 0.05) is 5.56 Å². The van der Waals surface area contributed by atoms with Crippen molar-refractivity contribution in [2.45, 2.75) is 13.1 Å². The molecule has 1 aromatic carbocycles. The summed E-state index contributed by atoms with van der Waals surface area (Å²) in [6, 6.07) is 6.75. The largest absolute Gasteiger partial charge is 0.416 e. The summed E-state index contributed by atoms with van der Waals surface area (Å²) >= 11 is 0. The summed E-state index contributed by atoms with van der Waals surface area (Å²) < 4.78 is 37.6. The van der Waals surface area contributed by atoms with Crippen LogP contribution in [0.5, 0.6) is 0 Å². The van der Waals surface area contributed by atoms with Gasteiger partial charge in [-0.15, -0.1) is 0 Å². The van der Waals surface area contributed by atoms with Crippen molar-refractivity contribution in [3.63, 3.8) is 0 Å². The van der Waals surface area contributed by atoms with Gasteiger partial charge in [0.05, 0.1) is 17.5 Å². The lowest BCUT2D eigenvalue weighted by Crippen LogP contribution is -2.04. The van der Waals surface area contributed by atoms with E-state index in [1.165, 1.54) is 6.07 Å². The highest BCUT2D eigenvalue weighted by Gasteiger charge is 2.30. The first-order valence-corrected chi connectivity index (χ1v) is 4.94. The van der Waals surface area contributed by atoms with Crippen LogP contribution < -0.4 is 0 Å². The molecule has 0 aliphatic heterocycles. The highest BCUT2D eigenvalue weighted by atomic mass is 19.4. The lowest BCUT2D eigenvalue weighted by molar-refractivity contribution is -0.137. The Hall–Kier alpha value is -1.91. The van der Waals surface area contributed by atoms with Gasteiger partial charge in [-0.25, -0.2) is 0 Å². The van der Waals surface area contributed by atoms with Gasteiger partial charge in [0.2, 0.25) is 0 Å². The van der Waals surface area contributed by atoms with Crippen LogP contribution >= 0.6 is 0 Å². The van der Waals surface area contributed by atoms with E-state index in [-0.39, 0.29) is 0 Å². The third-order valence-corrected chi connectivity index (χ3v) is 2.28. The number of hydrogen-bond acceptors (Lipinski definition) is 2. The number of halogens is 3. The molecule has 1 aromatic heterocycles. The fraction of sp³-hybridized carbons (Fsp3) is 0.167. The molecule has 0 radical (unpaired) electrons. The topological polar surface area (TPSA) is 25.8 Å². The number of nitrogens with zero attached hydrogens (tertiary/aromatic N) is 2. The Balaban J connectivity index is 2.47. The summed E-state index contributed by atoms with van der Waals surface area (Å²) in [6.45, 7) is 1.81. The number of alkyl halides is 3. The van der Waals surface area contributed by atoms with Crippen LogP contribution in [0.25, 0.3) is 11.3 Å². The zero-order chi connectivity index (χ0) is 12.5. The lowest BCUT2D eigenvalue weighted by atomic mass is 10.1. The number of aryl methyl sites for hydroxylation is 1. The minimum absolute atomic E-state index is 0.413. The Kier molecular flexibility index (Phi) is 2.83. The summed E-state index contributed by atoms with van der Waals surface area (Å²) in [6.07, 6.45) is -2.79. The highest BCUT2D eigenvalue weighted by molar-refractivity contribution is 5.60. The van der Waals surface area contributed by atoms with Crippen molar-refractivity contribution in [3.05, 3.63) is 47.7 Å². The molecule has 17 heavy (non-hydrogen) atoms. The molecule has 2 rings (SSSR count). The van der Waals surface area contributed by atoms with Crippen molar-refractivity contribution in [2.75, 3.05) is 0 Å². The Morgan fingerprint density at radius 2 is 1.88 bits per heavy atom. The highest BCUT2D eigenvalue weighted by Crippen LogP contribution is 2.31. The molecule has 0 saturated carbocycles. The zero-order valence-electron chi connectivity index (χ0n) is 8.99. The minimum Gasteiger partial charge on any atom is -0.166 e. The normalized spacial score (nSPS) is 11.5. The summed E-state index contributed by atoms with van der Waals surface area (Å²) in [7, 11) is 0. The van der Waals surface area contributed by atoms with E-state index < -0.39 is 11.7 Å². The van der Waals surface area contributed by atoms with Crippen LogP contribution in [-0.2, 0) is 6.18 Å². The Labute approximate surface area is 96.1 Å². The number of aromatic nitrogens is 2. The average Bonchev–Trinajstić information content (AvgIpc) is 2.28. The van der Waals surface area contributed by atoms with Crippen LogP contribution in [0, 0.1) is 6.92 Å². The number of rotatable bonds is 1. The minimum atomic E-state index is -4.34. The Morgan fingerprint density at radius 3 is 2.53 bits per heavy atom. The molecular weight excluding hydrogens is 229 g/mol. The Bertz CT molecular complexity index is 535. The first kappa shape index (κ1) is 11.6. The molecule has 5 heteroatoms. The smallest absolute Gasteiger partial charge is 0.166 e. The third-order valence-electron chi connectivity index (χ3n) is 2.28. The molecule has 0 aliphatic rings. The summed E-state index contributed by atoms with van der Waals surface area (Å²) in [5, 5.41) is 7.54. The van der Waals surface area contributed by atoms with Crippen LogP contribution in [0.2, 0.25) is 0 Å². The monoisotopic (exact) mass is 238 g/mol. The van der Waals surface area contributed by atoms with Gasteiger partial charge in [0.25, 0.3) is 0 Å². The predicted octanol–water partition coefficient (Wildman–Crippen LogP) is 3.47. The van der Waals surface area contributed by atoms with Gasteiger partial charge in [-0.3, -0.25) is 0 Å². The molecule has 0 atom stereocenters. The summed E-state index contributed by atoms with van der Waals surface area (Å²) in [5.74, 6) is 0. The molecule has 0 spiro atoms. The molecule has 0 fully saturated rings. The first-order chi connectivity index (χ1) is 7.97. The van der Waals surface area contributed by atoms with Crippen molar-refractivity contribution in [3.8, 4) is 11.3 Å². The first-order valence-electron chi connectivity index (χ1n) is 4.94. The van der Waals surface area contributed by atoms with E-state index in [2.05, 4.69) is 10.2 Å². The maximum Gasteiger partial charge on any atom is 0.416 e. The molecule has 0 unspecified atom stereocenters. The number of benzene rings is 1. The van der Waals surface area contributed by atoms with Crippen LogP contribution in [0.1, 0.15) is 11.1 Å². The van der Waals surface area contributed by atoms with Gasteiger partial charge in [-0.05, 0) is 30.7 Å². The van der Waals surface area contributed by atoms with E-state index >= 15 is 0 Å². The Morgan fingerprint density at radius 1 is 1.12 bits per heavy atom. The quantitative estimate of drug-likeness (QED) is 0.760. The standard InChI is InChI=1S/C12H9F3N2/c1-8-5-11(17-16-7-8)9-3-2-4-10(6-9)12(13,14)15/h2-7H,1H3. The molecular formula is C12H9F3N2. The van der Waals surface area contributed by atoms with Crippen molar-refractivity contribution in [1.82, 2.24) is 10.2 Å². The second-order valence-electron chi connectivity index (χ2n) is 3.70. The van der Waals surface area contributed by atoms with Crippen molar-refractivity contribution < 1.29 is 13.2 Å². The molecule has 2 nitrogen and oxygen atoms in total. The predicted molar refractivity (Wildman–Crippen MR) is 57.2 cm³/mol.